The molecule has 0 fully saturated rings. The highest BCUT2D eigenvalue weighted by Crippen LogP contribution is 2.24. The summed E-state index contributed by atoms with van der Waals surface area (Å²) in [6.07, 6.45) is 0. The molecule has 2 nitrogen and oxygen atoms in total. The number of thioether (sulfide) groups is 1. The van der Waals surface area contributed by atoms with Crippen LogP contribution in [0.5, 0.6) is 0 Å². The van der Waals surface area contributed by atoms with Crippen molar-refractivity contribution >= 4 is 11.8 Å². The molecule has 0 heterocycles. The highest BCUT2D eigenvalue weighted by atomic mass is 32.2. The Kier molecular flexibility index (Phi) is 6.73. The normalized spacial score (nSPS) is 10.8. The zero-order valence-corrected chi connectivity index (χ0v) is 13.0. The Morgan fingerprint density at radius 3 is 2.57 bits per heavy atom. The predicted octanol–water partition coefficient (Wildman–Crippen LogP) is 3.85. The Morgan fingerprint density at radius 1 is 1.10 bits per heavy atom. The third kappa shape index (κ3) is 5.50. The number of hydrogen-bond donors (Lipinski definition) is 1. The molecule has 0 saturated carbocycles. The topological polar surface area (TPSA) is 21.3 Å². The van der Waals surface area contributed by atoms with Crippen LogP contribution < -0.4 is 5.32 Å². The monoisotopic (exact) mass is 305 g/mol. The Bertz CT molecular complexity index is 545. The Balaban J connectivity index is 1.81. The van der Waals surface area contributed by atoms with Crippen LogP contribution in [0.3, 0.4) is 0 Å². The summed E-state index contributed by atoms with van der Waals surface area (Å²) >= 11 is 1.65. The predicted molar refractivity (Wildman–Crippen MR) is 86.0 cm³/mol. The summed E-state index contributed by atoms with van der Waals surface area (Å²) in [4.78, 5) is 1.15. The van der Waals surface area contributed by atoms with E-state index < -0.39 is 0 Å². The molecular formula is C17H20FNOS. The van der Waals surface area contributed by atoms with Gasteiger partial charge in [-0.25, -0.2) is 4.39 Å². The van der Waals surface area contributed by atoms with E-state index in [-0.39, 0.29) is 5.82 Å². The van der Waals surface area contributed by atoms with Crippen LogP contribution in [0.4, 0.5) is 4.39 Å². The summed E-state index contributed by atoms with van der Waals surface area (Å²) in [5.41, 5.74) is 1.98. The van der Waals surface area contributed by atoms with E-state index in [1.807, 2.05) is 12.1 Å². The van der Waals surface area contributed by atoms with Crippen LogP contribution in [0.1, 0.15) is 11.1 Å². The minimum atomic E-state index is -0.135. The van der Waals surface area contributed by atoms with Gasteiger partial charge in [0.15, 0.2) is 0 Å². The smallest absolute Gasteiger partial charge is 0.127 e. The van der Waals surface area contributed by atoms with Crippen molar-refractivity contribution in [3.63, 3.8) is 0 Å². The highest BCUT2D eigenvalue weighted by Gasteiger charge is 2.02. The molecule has 0 saturated heterocycles. The molecule has 4 heteroatoms. The zero-order chi connectivity index (χ0) is 14.9. The third-order valence-electron chi connectivity index (χ3n) is 3.09. The summed E-state index contributed by atoms with van der Waals surface area (Å²) in [6, 6.07) is 15.3. The van der Waals surface area contributed by atoms with E-state index in [9.17, 15) is 4.39 Å². The molecule has 0 aliphatic rings. The average molecular weight is 305 g/mol. The molecular weight excluding hydrogens is 285 g/mol. The number of ether oxygens (including phenoxy) is 1. The maximum atomic E-state index is 13.5. The van der Waals surface area contributed by atoms with Crippen molar-refractivity contribution in [2.45, 2.75) is 17.2 Å². The fraction of sp³-hybridized carbons (Fsp3) is 0.294. The second kappa shape index (κ2) is 8.82. The molecule has 2 aromatic carbocycles. The second-order valence-electron chi connectivity index (χ2n) is 4.69. The summed E-state index contributed by atoms with van der Waals surface area (Å²) in [6.45, 7) is 2.40. The quantitative estimate of drug-likeness (QED) is 0.591. The number of halogens is 1. The van der Waals surface area contributed by atoms with Crippen LogP contribution >= 0.6 is 11.8 Å². The molecule has 0 bridgehead atoms. The lowest BCUT2D eigenvalue weighted by atomic mass is 10.2. The summed E-state index contributed by atoms with van der Waals surface area (Å²) < 4.78 is 18.5. The molecule has 2 rings (SSSR count). The molecule has 21 heavy (non-hydrogen) atoms. The Hall–Kier alpha value is -1.36. The van der Waals surface area contributed by atoms with Crippen molar-refractivity contribution in [3.8, 4) is 0 Å². The van der Waals surface area contributed by atoms with Crippen LogP contribution in [-0.2, 0) is 17.0 Å². The van der Waals surface area contributed by atoms with Gasteiger partial charge in [-0.2, -0.15) is 0 Å². The number of hydrogen-bond acceptors (Lipinski definition) is 3. The first-order valence-corrected chi connectivity index (χ1v) is 7.93. The first-order chi connectivity index (χ1) is 10.3. The minimum Gasteiger partial charge on any atom is -0.383 e. The van der Waals surface area contributed by atoms with Gasteiger partial charge in [0, 0.05) is 30.8 Å². The molecule has 0 radical (unpaired) electrons. The second-order valence-corrected chi connectivity index (χ2v) is 5.74. The molecule has 2 aromatic rings. The molecule has 1 N–H and O–H groups in total. The van der Waals surface area contributed by atoms with Crippen LogP contribution in [-0.4, -0.2) is 20.3 Å². The lowest BCUT2D eigenvalue weighted by Crippen LogP contribution is -2.18. The van der Waals surface area contributed by atoms with Crippen molar-refractivity contribution in [1.29, 1.82) is 0 Å². The van der Waals surface area contributed by atoms with E-state index in [2.05, 4.69) is 29.6 Å². The molecule has 0 spiro atoms. The van der Waals surface area contributed by atoms with Gasteiger partial charge in [0.1, 0.15) is 5.82 Å². The van der Waals surface area contributed by atoms with Crippen molar-refractivity contribution in [2.24, 2.45) is 0 Å². The van der Waals surface area contributed by atoms with Crippen molar-refractivity contribution in [2.75, 3.05) is 20.3 Å². The SMILES string of the molecule is COCCNCc1ccc(SCc2ccccc2F)cc1. The van der Waals surface area contributed by atoms with E-state index in [4.69, 9.17) is 4.74 Å². The summed E-state index contributed by atoms with van der Waals surface area (Å²) in [5, 5.41) is 3.31. The van der Waals surface area contributed by atoms with Gasteiger partial charge in [0.05, 0.1) is 6.61 Å². The van der Waals surface area contributed by atoms with Gasteiger partial charge in [-0.3, -0.25) is 0 Å². The Morgan fingerprint density at radius 2 is 1.86 bits per heavy atom. The fourth-order valence-electron chi connectivity index (χ4n) is 1.89. The maximum Gasteiger partial charge on any atom is 0.127 e. The van der Waals surface area contributed by atoms with Crippen molar-refractivity contribution in [1.82, 2.24) is 5.32 Å². The largest absolute Gasteiger partial charge is 0.383 e. The molecule has 0 amide bonds. The van der Waals surface area contributed by atoms with Gasteiger partial charge in [-0.05, 0) is 29.3 Å². The number of benzene rings is 2. The molecule has 0 atom stereocenters. The van der Waals surface area contributed by atoms with Gasteiger partial charge in [-0.1, -0.05) is 30.3 Å². The van der Waals surface area contributed by atoms with Crippen molar-refractivity contribution in [3.05, 3.63) is 65.5 Å². The van der Waals surface area contributed by atoms with Crippen LogP contribution in [0.2, 0.25) is 0 Å². The van der Waals surface area contributed by atoms with Gasteiger partial charge in [0.25, 0.3) is 0 Å². The van der Waals surface area contributed by atoms with Gasteiger partial charge in [0.2, 0.25) is 0 Å². The third-order valence-corrected chi connectivity index (χ3v) is 4.15. The standard InChI is InChI=1S/C17H20FNOS/c1-20-11-10-19-12-14-6-8-16(9-7-14)21-13-15-4-2-3-5-17(15)18/h2-9,19H,10-13H2,1H3. The van der Waals surface area contributed by atoms with E-state index in [1.165, 1.54) is 11.6 Å². The fourth-order valence-corrected chi connectivity index (χ4v) is 2.77. The van der Waals surface area contributed by atoms with Gasteiger partial charge in [-0.15, -0.1) is 11.8 Å². The molecule has 112 valence electrons. The number of methoxy groups -OCH3 is 1. The lowest BCUT2D eigenvalue weighted by molar-refractivity contribution is 0.199. The van der Waals surface area contributed by atoms with Crippen LogP contribution in [0.15, 0.2) is 53.4 Å². The van der Waals surface area contributed by atoms with Crippen LogP contribution in [0.25, 0.3) is 0 Å². The Labute approximate surface area is 129 Å². The first kappa shape index (κ1) is 16.0. The zero-order valence-electron chi connectivity index (χ0n) is 12.1. The van der Waals surface area contributed by atoms with Gasteiger partial charge < -0.3 is 10.1 Å². The maximum absolute atomic E-state index is 13.5. The van der Waals surface area contributed by atoms with Gasteiger partial charge >= 0.3 is 0 Å². The summed E-state index contributed by atoms with van der Waals surface area (Å²) in [5.74, 6) is 0.516. The van der Waals surface area contributed by atoms with E-state index in [1.54, 1.807) is 24.9 Å². The van der Waals surface area contributed by atoms with Crippen LogP contribution in [0, 0.1) is 5.82 Å². The average Bonchev–Trinajstić information content (AvgIpc) is 2.52. The van der Waals surface area contributed by atoms with E-state index in [0.717, 1.165) is 30.2 Å². The number of nitrogens with one attached hydrogen (secondary N) is 1. The highest BCUT2D eigenvalue weighted by molar-refractivity contribution is 7.98. The molecule has 0 aliphatic heterocycles. The minimum absolute atomic E-state index is 0.135. The molecule has 0 aromatic heterocycles. The molecule has 0 unspecified atom stereocenters. The number of rotatable bonds is 8. The lowest BCUT2D eigenvalue weighted by Gasteiger charge is -2.06. The summed E-state index contributed by atoms with van der Waals surface area (Å²) in [7, 11) is 1.70. The first-order valence-electron chi connectivity index (χ1n) is 6.94. The van der Waals surface area contributed by atoms with E-state index in [0.29, 0.717) is 5.75 Å². The van der Waals surface area contributed by atoms with Crippen molar-refractivity contribution < 1.29 is 9.13 Å². The van der Waals surface area contributed by atoms with E-state index >= 15 is 0 Å². The molecule has 0 aliphatic carbocycles.